The Labute approximate surface area is 103 Å². The fourth-order valence-corrected chi connectivity index (χ4v) is 3.25. The lowest BCUT2D eigenvalue weighted by Gasteiger charge is -2.08. The molecule has 1 unspecified atom stereocenters. The van der Waals surface area contributed by atoms with Gasteiger partial charge in [0.05, 0.1) is 17.2 Å². The zero-order chi connectivity index (χ0) is 13.1. The van der Waals surface area contributed by atoms with Gasteiger partial charge in [0.1, 0.15) is 0 Å². The predicted molar refractivity (Wildman–Crippen MR) is 68.3 cm³/mol. The van der Waals surface area contributed by atoms with Gasteiger partial charge in [0.25, 0.3) is 0 Å². The van der Waals surface area contributed by atoms with Gasteiger partial charge in [0.15, 0.2) is 9.84 Å². The topological polar surface area (TPSA) is 78.0 Å². The minimum absolute atomic E-state index is 0.00292. The molecule has 0 aromatic carbocycles. The lowest BCUT2D eigenvalue weighted by atomic mass is 10.2. The van der Waals surface area contributed by atoms with E-state index in [0.717, 1.165) is 0 Å². The van der Waals surface area contributed by atoms with E-state index in [2.05, 4.69) is 5.10 Å². The van der Waals surface area contributed by atoms with Crippen molar-refractivity contribution in [1.29, 1.82) is 0 Å². The fraction of sp³-hybridized carbons (Fsp3) is 0.727. The van der Waals surface area contributed by atoms with Crippen molar-refractivity contribution in [3.05, 3.63) is 18.0 Å². The molecule has 98 valence electrons. The van der Waals surface area contributed by atoms with Crippen molar-refractivity contribution in [1.82, 2.24) is 9.78 Å². The van der Waals surface area contributed by atoms with Crippen LogP contribution in [0.25, 0.3) is 0 Å². The molecule has 1 aromatic heterocycles. The molecule has 2 N–H and O–H groups in total. The Hall–Kier alpha value is -0.880. The van der Waals surface area contributed by atoms with Gasteiger partial charge in [-0.3, -0.25) is 4.68 Å². The van der Waals surface area contributed by atoms with Crippen LogP contribution in [-0.4, -0.2) is 30.5 Å². The minimum atomic E-state index is -3.11. The van der Waals surface area contributed by atoms with Crippen LogP contribution < -0.4 is 5.73 Å². The van der Waals surface area contributed by atoms with Gasteiger partial charge in [-0.05, 0) is 32.4 Å². The molecule has 0 radical (unpaired) electrons. The fourth-order valence-electron chi connectivity index (χ4n) is 1.53. The number of nitrogens with zero attached hydrogens (tertiary/aromatic N) is 2. The van der Waals surface area contributed by atoms with Crippen LogP contribution in [0.2, 0.25) is 0 Å². The summed E-state index contributed by atoms with van der Waals surface area (Å²) in [6, 6.07) is 2.00. The van der Waals surface area contributed by atoms with E-state index in [4.69, 9.17) is 5.73 Å². The van der Waals surface area contributed by atoms with Crippen molar-refractivity contribution >= 4 is 9.84 Å². The molecule has 0 aliphatic rings. The van der Waals surface area contributed by atoms with Crippen molar-refractivity contribution in [3.8, 4) is 0 Å². The number of rotatable bonds is 6. The lowest BCUT2D eigenvalue weighted by molar-refractivity contribution is 0.527. The molecule has 0 spiro atoms. The summed E-state index contributed by atoms with van der Waals surface area (Å²) in [5.74, 6) is 0.113. The van der Waals surface area contributed by atoms with Gasteiger partial charge in [0, 0.05) is 12.2 Å². The molecule has 1 rings (SSSR count). The Kier molecular flexibility index (Phi) is 4.70. The Morgan fingerprint density at radius 1 is 1.41 bits per heavy atom. The molecule has 1 atom stereocenters. The molecule has 0 bridgehead atoms. The standard InChI is InChI=1S/C11H21N3O2S/c1-9(2)14-5-4-11(13-14)8-17(15,16)7-10(3)6-12/h4-5,9-10H,6-8,12H2,1-3H3. The Morgan fingerprint density at radius 3 is 2.53 bits per heavy atom. The van der Waals surface area contributed by atoms with E-state index in [1.165, 1.54) is 0 Å². The highest BCUT2D eigenvalue weighted by molar-refractivity contribution is 7.90. The van der Waals surface area contributed by atoms with E-state index >= 15 is 0 Å². The highest BCUT2D eigenvalue weighted by Crippen LogP contribution is 2.10. The Bertz CT molecular complexity index is 451. The van der Waals surface area contributed by atoms with E-state index in [9.17, 15) is 8.42 Å². The van der Waals surface area contributed by atoms with Crippen molar-refractivity contribution < 1.29 is 8.42 Å². The molecule has 0 aliphatic carbocycles. The second-order valence-electron chi connectivity index (χ2n) is 4.78. The van der Waals surface area contributed by atoms with Gasteiger partial charge in [-0.15, -0.1) is 0 Å². The summed E-state index contributed by atoms with van der Waals surface area (Å²) >= 11 is 0. The van der Waals surface area contributed by atoms with Crippen molar-refractivity contribution in [2.75, 3.05) is 12.3 Å². The molecule has 5 nitrogen and oxygen atoms in total. The van der Waals surface area contributed by atoms with Gasteiger partial charge in [-0.2, -0.15) is 5.10 Å². The molecule has 6 heteroatoms. The Balaban J connectivity index is 2.69. The summed E-state index contributed by atoms with van der Waals surface area (Å²) in [6.45, 7) is 6.23. The first-order valence-electron chi connectivity index (χ1n) is 5.78. The van der Waals surface area contributed by atoms with E-state index in [-0.39, 0.29) is 23.5 Å². The van der Waals surface area contributed by atoms with Crippen LogP contribution in [0.5, 0.6) is 0 Å². The SMILES string of the molecule is CC(CN)CS(=O)(=O)Cc1ccn(C(C)C)n1. The molecular weight excluding hydrogens is 238 g/mol. The lowest BCUT2D eigenvalue weighted by Crippen LogP contribution is -2.22. The van der Waals surface area contributed by atoms with E-state index < -0.39 is 9.84 Å². The molecule has 0 aliphatic heterocycles. The van der Waals surface area contributed by atoms with E-state index in [0.29, 0.717) is 12.2 Å². The van der Waals surface area contributed by atoms with Crippen LogP contribution in [0, 0.1) is 5.92 Å². The second kappa shape index (κ2) is 5.64. The maximum absolute atomic E-state index is 11.8. The molecule has 1 heterocycles. The van der Waals surface area contributed by atoms with Crippen molar-refractivity contribution in [3.63, 3.8) is 0 Å². The van der Waals surface area contributed by atoms with Gasteiger partial charge in [0.2, 0.25) is 0 Å². The zero-order valence-corrected chi connectivity index (χ0v) is 11.4. The number of hydrogen-bond acceptors (Lipinski definition) is 4. The zero-order valence-electron chi connectivity index (χ0n) is 10.6. The monoisotopic (exact) mass is 259 g/mol. The third-order valence-corrected chi connectivity index (χ3v) is 4.31. The van der Waals surface area contributed by atoms with Crippen LogP contribution in [0.4, 0.5) is 0 Å². The van der Waals surface area contributed by atoms with Crippen molar-refractivity contribution in [2.24, 2.45) is 11.7 Å². The van der Waals surface area contributed by atoms with Gasteiger partial charge >= 0.3 is 0 Å². The number of sulfone groups is 1. The smallest absolute Gasteiger partial charge is 0.156 e. The average Bonchev–Trinajstić information content (AvgIpc) is 2.64. The van der Waals surface area contributed by atoms with Crippen LogP contribution in [0.1, 0.15) is 32.5 Å². The molecule has 17 heavy (non-hydrogen) atoms. The number of aromatic nitrogens is 2. The summed E-state index contributed by atoms with van der Waals surface area (Å²) < 4.78 is 25.4. The minimum Gasteiger partial charge on any atom is -0.330 e. The molecule has 0 saturated heterocycles. The van der Waals surface area contributed by atoms with Crippen LogP contribution in [0.3, 0.4) is 0 Å². The first-order chi connectivity index (χ1) is 7.84. The highest BCUT2D eigenvalue weighted by atomic mass is 32.2. The predicted octanol–water partition coefficient (Wildman–Crippen LogP) is 0.974. The number of nitrogens with two attached hydrogens (primary N) is 1. The second-order valence-corrected chi connectivity index (χ2v) is 6.89. The largest absolute Gasteiger partial charge is 0.330 e. The average molecular weight is 259 g/mol. The normalized spacial score (nSPS) is 14.2. The quantitative estimate of drug-likeness (QED) is 0.826. The summed E-state index contributed by atoms with van der Waals surface area (Å²) in [6.07, 6.45) is 1.81. The highest BCUT2D eigenvalue weighted by Gasteiger charge is 2.17. The molecule has 1 aromatic rings. The summed E-state index contributed by atoms with van der Waals surface area (Å²) in [7, 11) is -3.11. The summed E-state index contributed by atoms with van der Waals surface area (Å²) in [4.78, 5) is 0. The molecule has 0 fully saturated rings. The van der Waals surface area contributed by atoms with Gasteiger partial charge in [-0.25, -0.2) is 8.42 Å². The van der Waals surface area contributed by atoms with E-state index in [1.54, 1.807) is 10.7 Å². The third-order valence-electron chi connectivity index (χ3n) is 2.50. The van der Waals surface area contributed by atoms with Gasteiger partial charge in [-0.1, -0.05) is 6.92 Å². The number of hydrogen-bond donors (Lipinski definition) is 1. The van der Waals surface area contributed by atoms with Crippen molar-refractivity contribution in [2.45, 2.75) is 32.6 Å². The maximum atomic E-state index is 11.8. The van der Waals surface area contributed by atoms with Crippen LogP contribution in [0.15, 0.2) is 12.3 Å². The van der Waals surface area contributed by atoms with E-state index in [1.807, 2.05) is 27.0 Å². The van der Waals surface area contributed by atoms with Crippen LogP contribution >= 0.6 is 0 Å². The molecule has 0 saturated carbocycles. The van der Waals surface area contributed by atoms with Gasteiger partial charge < -0.3 is 5.73 Å². The maximum Gasteiger partial charge on any atom is 0.156 e. The molecular formula is C11H21N3O2S. The first-order valence-corrected chi connectivity index (χ1v) is 7.60. The first kappa shape index (κ1) is 14.2. The summed E-state index contributed by atoms with van der Waals surface area (Å²) in [5.41, 5.74) is 6.03. The molecule has 0 amide bonds. The van der Waals surface area contributed by atoms with Crippen LogP contribution in [-0.2, 0) is 15.6 Å². The Morgan fingerprint density at radius 2 is 2.06 bits per heavy atom. The third kappa shape index (κ3) is 4.47. The summed E-state index contributed by atoms with van der Waals surface area (Å²) in [5, 5.41) is 4.23.